The van der Waals surface area contributed by atoms with Gasteiger partial charge in [-0.3, -0.25) is 0 Å². The highest BCUT2D eigenvalue weighted by atomic mass is 32.2. The minimum atomic E-state index is -2.72. The standard InChI is InChI=1S/C14H22N4OS/c1-20(15,19)12-9-16-13(17-10-12)18-11-4-7-14(8-11)5-2-3-6-14/h9-11,15H,2-8H2,1H3,(H,16,17,18). The summed E-state index contributed by atoms with van der Waals surface area (Å²) in [7, 11) is -2.72. The molecule has 2 N–H and O–H groups in total. The van der Waals surface area contributed by atoms with E-state index in [1.807, 2.05) is 0 Å². The molecule has 3 rings (SSSR count). The van der Waals surface area contributed by atoms with Crippen LogP contribution in [0.25, 0.3) is 0 Å². The number of nitrogens with one attached hydrogen (secondary N) is 2. The van der Waals surface area contributed by atoms with Crippen LogP contribution in [0.3, 0.4) is 0 Å². The van der Waals surface area contributed by atoms with E-state index in [1.165, 1.54) is 63.6 Å². The molecule has 2 aliphatic carbocycles. The van der Waals surface area contributed by atoms with Crippen molar-refractivity contribution in [3.63, 3.8) is 0 Å². The summed E-state index contributed by atoms with van der Waals surface area (Å²) >= 11 is 0. The van der Waals surface area contributed by atoms with E-state index in [2.05, 4.69) is 15.3 Å². The average Bonchev–Trinajstić information content (AvgIpc) is 3.00. The molecule has 1 aromatic rings. The Bertz CT molecular complexity index is 576. The molecule has 2 saturated carbocycles. The number of anilines is 1. The van der Waals surface area contributed by atoms with E-state index in [-0.39, 0.29) is 0 Å². The summed E-state index contributed by atoms with van der Waals surface area (Å²) < 4.78 is 19.1. The largest absolute Gasteiger partial charge is 0.351 e. The lowest BCUT2D eigenvalue weighted by Gasteiger charge is -2.22. The first kappa shape index (κ1) is 13.8. The van der Waals surface area contributed by atoms with Gasteiger partial charge in [0.1, 0.15) is 0 Å². The molecule has 0 radical (unpaired) electrons. The van der Waals surface area contributed by atoms with E-state index in [1.54, 1.807) is 0 Å². The molecule has 0 saturated heterocycles. The molecule has 20 heavy (non-hydrogen) atoms. The molecule has 0 bridgehead atoms. The van der Waals surface area contributed by atoms with Crippen LogP contribution in [-0.2, 0) is 9.73 Å². The van der Waals surface area contributed by atoms with Gasteiger partial charge in [0.15, 0.2) is 0 Å². The van der Waals surface area contributed by atoms with Crippen molar-refractivity contribution < 1.29 is 4.21 Å². The lowest BCUT2D eigenvalue weighted by atomic mass is 9.84. The van der Waals surface area contributed by atoms with E-state index in [9.17, 15) is 4.21 Å². The lowest BCUT2D eigenvalue weighted by Crippen LogP contribution is -2.20. The molecule has 0 aromatic carbocycles. The second kappa shape index (κ2) is 4.98. The Kier molecular flexibility index (Phi) is 3.44. The number of rotatable bonds is 3. The molecule has 1 spiro atoms. The third-order valence-electron chi connectivity index (χ3n) is 4.78. The topological polar surface area (TPSA) is 78.7 Å². The third-order valence-corrected chi connectivity index (χ3v) is 5.89. The highest BCUT2D eigenvalue weighted by molar-refractivity contribution is 7.91. The molecule has 2 fully saturated rings. The number of hydrogen-bond acceptors (Lipinski definition) is 5. The fourth-order valence-electron chi connectivity index (χ4n) is 3.68. The highest BCUT2D eigenvalue weighted by Crippen LogP contribution is 2.50. The van der Waals surface area contributed by atoms with Gasteiger partial charge >= 0.3 is 0 Å². The Morgan fingerprint density at radius 1 is 1.30 bits per heavy atom. The Morgan fingerprint density at radius 3 is 2.55 bits per heavy atom. The maximum Gasteiger partial charge on any atom is 0.222 e. The number of hydrogen-bond donors (Lipinski definition) is 2. The molecular weight excluding hydrogens is 272 g/mol. The Morgan fingerprint density at radius 2 is 1.95 bits per heavy atom. The van der Waals surface area contributed by atoms with Gasteiger partial charge in [0, 0.05) is 24.7 Å². The minimum absolute atomic E-state index is 0.390. The predicted molar refractivity (Wildman–Crippen MR) is 79.2 cm³/mol. The number of nitrogens with zero attached hydrogens (tertiary/aromatic N) is 2. The molecule has 6 heteroatoms. The average molecular weight is 294 g/mol. The second-order valence-electron chi connectivity index (χ2n) is 6.38. The fourth-order valence-corrected chi connectivity index (χ4v) is 4.19. The van der Waals surface area contributed by atoms with E-state index in [0.29, 0.717) is 22.3 Å². The van der Waals surface area contributed by atoms with Crippen LogP contribution in [-0.4, -0.2) is 26.5 Å². The van der Waals surface area contributed by atoms with E-state index >= 15 is 0 Å². The van der Waals surface area contributed by atoms with Crippen LogP contribution in [0.15, 0.2) is 17.3 Å². The van der Waals surface area contributed by atoms with Gasteiger partial charge in [0.25, 0.3) is 0 Å². The fraction of sp³-hybridized carbons (Fsp3) is 0.714. The monoisotopic (exact) mass is 294 g/mol. The van der Waals surface area contributed by atoms with E-state index in [0.717, 1.165) is 0 Å². The molecular formula is C14H22N4OS. The van der Waals surface area contributed by atoms with Crippen molar-refractivity contribution in [1.29, 1.82) is 4.78 Å². The zero-order chi connectivity index (χ0) is 14.2. The lowest BCUT2D eigenvalue weighted by molar-refractivity contribution is 0.306. The van der Waals surface area contributed by atoms with Crippen LogP contribution in [0, 0.1) is 10.2 Å². The Labute approximate surface area is 120 Å². The van der Waals surface area contributed by atoms with Crippen molar-refractivity contribution in [2.75, 3.05) is 11.6 Å². The summed E-state index contributed by atoms with van der Waals surface area (Å²) in [6.07, 6.45) is 13.6. The molecule has 5 nitrogen and oxygen atoms in total. The Hall–Kier alpha value is -1.17. The smallest absolute Gasteiger partial charge is 0.222 e. The molecule has 0 amide bonds. The van der Waals surface area contributed by atoms with Crippen molar-refractivity contribution in [2.45, 2.75) is 55.9 Å². The van der Waals surface area contributed by atoms with Gasteiger partial charge in [0.2, 0.25) is 5.95 Å². The molecule has 1 heterocycles. The quantitative estimate of drug-likeness (QED) is 0.898. The first-order chi connectivity index (χ1) is 9.47. The van der Waals surface area contributed by atoms with Gasteiger partial charge < -0.3 is 5.32 Å². The summed E-state index contributed by atoms with van der Waals surface area (Å²) in [5.74, 6) is 0.595. The highest BCUT2D eigenvalue weighted by Gasteiger charge is 2.41. The zero-order valence-electron chi connectivity index (χ0n) is 11.9. The van der Waals surface area contributed by atoms with Crippen molar-refractivity contribution >= 4 is 15.7 Å². The van der Waals surface area contributed by atoms with Crippen LogP contribution < -0.4 is 5.32 Å². The maximum absolute atomic E-state index is 11.6. The minimum Gasteiger partial charge on any atom is -0.351 e. The van der Waals surface area contributed by atoms with Gasteiger partial charge in [-0.25, -0.2) is 19.0 Å². The van der Waals surface area contributed by atoms with E-state index in [4.69, 9.17) is 4.78 Å². The summed E-state index contributed by atoms with van der Waals surface area (Å²) in [5.41, 5.74) is 0.580. The normalized spacial score (nSPS) is 27.6. The summed E-state index contributed by atoms with van der Waals surface area (Å²) in [5, 5.41) is 3.39. The Balaban J connectivity index is 1.64. The zero-order valence-corrected chi connectivity index (χ0v) is 12.7. The molecule has 110 valence electrons. The van der Waals surface area contributed by atoms with Crippen molar-refractivity contribution in [2.24, 2.45) is 5.41 Å². The van der Waals surface area contributed by atoms with Crippen molar-refractivity contribution in [3.8, 4) is 0 Å². The SMILES string of the molecule is CS(=N)(=O)c1cnc(NC2CCC3(CCCC3)C2)nc1. The molecule has 1 aromatic heterocycles. The molecule has 2 atom stereocenters. The van der Waals surface area contributed by atoms with E-state index < -0.39 is 9.73 Å². The van der Waals surface area contributed by atoms with Gasteiger partial charge in [-0.15, -0.1) is 0 Å². The van der Waals surface area contributed by atoms with Crippen LogP contribution >= 0.6 is 0 Å². The first-order valence-electron chi connectivity index (χ1n) is 7.29. The molecule has 2 aliphatic rings. The first-order valence-corrected chi connectivity index (χ1v) is 9.26. The molecule has 0 aliphatic heterocycles. The van der Waals surface area contributed by atoms with Crippen LogP contribution in [0.5, 0.6) is 0 Å². The summed E-state index contributed by atoms with van der Waals surface area (Å²) in [6.45, 7) is 0. The van der Waals surface area contributed by atoms with Gasteiger partial charge in [0.05, 0.1) is 14.6 Å². The van der Waals surface area contributed by atoms with Crippen LogP contribution in [0.1, 0.15) is 44.9 Å². The summed E-state index contributed by atoms with van der Waals surface area (Å²) in [6, 6.07) is 0.459. The number of aromatic nitrogens is 2. The van der Waals surface area contributed by atoms with Gasteiger partial charge in [-0.1, -0.05) is 12.8 Å². The van der Waals surface area contributed by atoms with Gasteiger partial charge in [-0.2, -0.15) is 0 Å². The maximum atomic E-state index is 11.6. The van der Waals surface area contributed by atoms with Crippen LogP contribution in [0.2, 0.25) is 0 Å². The van der Waals surface area contributed by atoms with Crippen molar-refractivity contribution in [3.05, 3.63) is 12.4 Å². The second-order valence-corrected chi connectivity index (χ2v) is 8.54. The predicted octanol–water partition coefficient (Wildman–Crippen LogP) is 3.04. The van der Waals surface area contributed by atoms with Crippen molar-refractivity contribution in [1.82, 2.24) is 9.97 Å². The van der Waals surface area contributed by atoms with Crippen LogP contribution in [0.4, 0.5) is 5.95 Å². The van der Waals surface area contributed by atoms with Gasteiger partial charge in [-0.05, 0) is 37.5 Å². The third kappa shape index (κ3) is 2.80. The molecule has 2 unspecified atom stereocenters. The summed E-state index contributed by atoms with van der Waals surface area (Å²) in [4.78, 5) is 8.80.